The van der Waals surface area contributed by atoms with Gasteiger partial charge in [-0.05, 0) is 70.9 Å². The number of carbonyl (C=O) groups is 1. The molecule has 1 atom stereocenters. The molecule has 4 aromatic rings. The number of carbonyl (C=O) groups excluding carboxylic acids is 1. The van der Waals surface area contributed by atoms with E-state index in [1.165, 1.54) is 11.3 Å². The molecule has 1 aliphatic rings. The standard InChI is InChI=1S/C31H30N4O4S2/c1-8-39-30(37)26-18(4)33-31-35(27(26)22-11-9-10-12-24(22)38-7)28(36)25(41-31)14-21-13-16(2)34(19(21)5)29-23(15-32)17(3)20(6)40-29/h9-14,27H,8H2,1-7H3/b25-14+/t27-/m1/s1. The van der Waals surface area contributed by atoms with Crippen LogP contribution in [0, 0.1) is 39.0 Å². The van der Waals surface area contributed by atoms with Crippen molar-refractivity contribution in [2.75, 3.05) is 13.7 Å². The van der Waals surface area contributed by atoms with Crippen molar-refractivity contribution in [1.29, 1.82) is 5.26 Å². The van der Waals surface area contributed by atoms with E-state index < -0.39 is 12.0 Å². The van der Waals surface area contributed by atoms with Gasteiger partial charge in [0, 0.05) is 21.8 Å². The summed E-state index contributed by atoms with van der Waals surface area (Å²) in [7, 11) is 1.56. The summed E-state index contributed by atoms with van der Waals surface area (Å²) >= 11 is 2.86. The number of aryl methyl sites for hydroxylation is 2. The first-order valence-electron chi connectivity index (χ1n) is 13.1. The third-order valence-electron chi connectivity index (χ3n) is 7.39. The normalized spacial score (nSPS) is 15.0. The van der Waals surface area contributed by atoms with Crippen LogP contribution in [0.4, 0.5) is 0 Å². The summed E-state index contributed by atoms with van der Waals surface area (Å²) in [6, 6.07) is 11.0. The van der Waals surface area contributed by atoms with Gasteiger partial charge in [0.05, 0.1) is 35.1 Å². The van der Waals surface area contributed by atoms with Gasteiger partial charge < -0.3 is 14.0 Å². The fraction of sp³-hybridized carbons (Fsp3) is 0.290. The Morgan fingerprint density at radius 2 is 1.90 bits per heavy atom. The number of esters is 1. The third-order valence-corrected chi connectivity index (χ3v) is 9.56. The van der Waals surface area contributed by atoms with Gasteiger partial charge >= 0.3 is 5.97 Å². The average Bonchev–Trinajstić information content (AvgIpc) is 3.51. The van der Waals surface area contributed by atoms with E-state index in [-0.39, 0.29) is 12.2 Å². The maximum atomic E-state index is 14.1. The van der Waals surface area contributed by atoms with Gasteiger partial charge in [-0.3, -0.25) is 9.36 Å². The Labute approximate surface area is 245 Å². The van der Waals surface area contributed by atoms with Crippen molar-refractivity contribution in [3.05, 3.63) is 99.8 Å². The largest absolute Gasteiger partial charge is 0.496 e. The van der Waals surface area contributed by atoms with Crippen molar-refractivity contribution in [2.24, 2.45) is 4.99 Å². The minimum absolute atomic E-state index is 0.200. The smallest absolute Gasteiger partial charge is 0.338 e. The van der Waals surface area contributed by atoms with Crippen molar-refractivity contribution in [3.63, 3.8) is 0 Å². The monoisotopic (exact) mass is 586 g/mol. The zero-order chi connectivity index (χ0) is 29.6. The molecule has 0 amide bonds. The number of methoxy groups -OCH3 is 1. The van der Waals surface area contributed by atoms with E-state index in [2.05, 4.69) is 15.6 Å². The molecule has 5 rings (SSSR count). The van der Waals surface area contributed by atoms with Gasteiger partial charge in [-0.1, -0.05) is 29.5 Å². The quantitative estimate of drug-likeness (QED) is 0.303. The number of allylic oxidation sites excluding steroid dienone is 1. The Morgan fingerprint density at radius 3 is 2.59 bits per heavy atom. The molecule has 210 valence electrons. The Kier molecular flexibility index (Phi) is 7.60. The maximum absolute atomic E-state index is 14.1. The molecule has 0 unspecified atom stereocenters. The second kappa shape index (κ2) is 11.0. The molecule has 1 aliphatic heterocycles. The lowest BCUT2D eigenvalue weighted by Gasteiger charge is -2.25. The van der Waals surface area contributed by atoms with Gasteiger partial charge in [-0.25, -0.2) is 9.79 Å². The van der Waals surface area contributed by atoms with Crippen LogP contribution in [0.5, 0.6) is 5.75 Å². The van der Waals surface area contributed by atoms with Crippen molar-refractivity contribution in [1.82, 2.24) is 9.13 Å². The molecule has 1 aromatic carbocycles. The summed E-state index contributed by atoms with van der Waals surface area (Å²) in [6.45, 7) is 11.7. The summed E-state index contributed by atoms with van der Waals surface area (Å²) in [5, 5.41) is 10.7. The Morgan fingerprint density at radius 1 is 1.17 bits per heavy atom. The number of rotatable bonds is 6. The minimum Gasteiger partial charge on any atom is -0.496 e. The van der Waals surface area contributed by atoms with Gasteiger partial charge in [0.1, 0.15) is 22.9 Å². The number of para-hydroxylation sites is 1. The third kappa shape index (κ3) is 4.65. The van der Waals surface area contributed by atoms with E-state index >= 15 is 0 Å². The Balaban J connectivity index is 1.73. The highest BCUT2D eigenvalue weighted by atomic mass is 32.1. The molecule has 0 saturated heterocycles. The van der Waals surface area contributed by atoms with Crippen LogP contribution in [0.2, 0.25) is 0 Å². The second-order valence-corrected chi connectivity index (χ2v) is 12.0. The lowest BCUT2D eigenvalue weighted by molar-refractivity contribution is -0.139. The van der Waals surface area contributed by atoms with Gasteiger partial charge in [-0.2, -0.15) is 5.26 Å². The van der Waals surface area contributed by atoms with Crippen molar-refractivity contribution in [2.45, 2.75) is 47.6 Å². The van der Waals surface area contributed by atoms with Crippen LogP contribution < -0.4 is 19.6 Å². The number of ether oxygens (including phenoxy) is 2. The molecule has 8 nitrogen and oxygen atoms in total. The molecule has 0 radical (unpaired) electrons. The van der Waals surface area contributed by atoms with Crippen molar-refractivity contribution >= 4 is 34.7 Å². The van der Waals surface area contributed by atoms with Crippen LogP contribution in [-0.4, -0.2) is 28.8 Å². The lowest BCUT2D eigenvalue weighted by Crippen LogP contribution is -2.40. The van der Waals surface area contributed by atoms with Gasteiger partial charge in [0.25, 0.3) is 5.56 Å². The number of nitriles is 1. The summed E-state index contributed by atoms with van der Waals surface area (Å²) in [4.78, 5) is 33.5. The molecule has 41 heavy (non-hydrogen) atoms. The Hall–Kier alpha value is -4.20. The highest BCUT2D eigenvalue weighted by Crippen LogP contribution is 2.36. The van der Waals surface area contributed by atoms with E-state index in [0.717, 1.165) is 32.4 Å². The zero-order valence-electron chi connectivity index (χ0n) is 24.0. The molecule has 10 heteroatoms. The first-order chi connectivity index (χ1) is 19.6. The summed E-state index contributed by atoms with van der Waals surface area (Å²) in [5.41, 5.74) is 5.63. The van der Waals surface area contributed by atoms with Crippen molar-refractivity contribution < 1.29 is 14.3 Å². The van der Waals surface area contributed by atoms with Crippen LogP contribution in [0.1, 0.15) is 58.4 Å². The lowest BCUT2D eigenvalue weighted by atomic mass is 9.95. The highest BCUT2D eigenvalue weighted by Gasteiger charge is 2.35. The SMILES string of the molecule is CCOC(=O)C1=C(C)N=c2s/c(=C/c3cc(C)n(-c4sc(C)c(C)c4C#N)c3C)c(=O)n2[C@@H]1c1ccccc1OC. The van der Waals surface area contributed by atoms with Crippen molar-refractivity contribution in [3.8, 4) is 16.8 Å². The molecule has 0 spiro atoms. The van der Waals surface area contributed by atoms with Crippen LogP contribution in [-0.2, 0) is 9.53 Å². The summed E-state index contributed by atoms with van der Waals surface area (Å²) in [6.07, 6.45) is 1.87. The van der Waals surface area contributed by atoms with E-state index in [1.807, 2.05) is 64.1 Å². The summed E-state index contributed by atoms with van der Waals surface area (Å²) in [5.74, 6) is 0.0410. The van der Waals surface area contributed by atoms with E-state index in [9.17, 15) is 14.9 Å². The number of aromatic nitrogens is 2. The molecule has 4 heterocycles. The molecule has 3 aromatic heterocycles. The Bertz CT molecular complexity index is 1960. The number of thiazole rings is 1. The zero-order valence-corrected chi connectivity index (χ0v) is 25.6. The van der Waals surface area contributed by atoms with E-state index in [4.69, 9.17) is 9.47 Å². The molecule has 0 N–H and O–H groups in total. The predicted octanol–water partition coefficient (Wildman–Crippen LogP) is 4.76. The first-order valence-corrected chi connectivity index (χ1v) is 14.8. The second-order valence-electron chi connectivity index (χ2n) is 9.78. The predicted molar refractivity (Wildman–Crippen MR) is 161 cm³/mol. The summed E-state index contributed by atoms with van der Waals surface area (Å²) < 4.78 is 15.2. The average molecular weight is 587 g/mol. The van der Waals surface area contributed by atoms with Gasteiger partial charge in [-0.15, -0.1) is 11.3 Å². The minimum atomic E-state index is -0.758. The molecule has 0 saturated carbocycles. The van der Waals surface area contributed by atoms with Crippen LogP contribution in [0.15, 0.2) is 51.4 Å². The fourth-order valence-corrected chi connectivity index (χ4v) is 7.52. The number of benzene rings is 1. The maximum Gasteiger partial charge on any atom is 0.338 e. The molecular weight excluding hydrogens is 556 g/mol. The van der Waals surface area contributed by atoms with E-state index in [0.29, 0.717) is 37.5 Å². The number of nitrogens with zero attached hydrogens (tertiary/aromatic N) is 4. The van der Waals surface area contributed by atoms with Gasteiger partial charge in [0.2, 0.25) is 0 Å². The number of thiophene rings is 1. The fourth-order valence-electron chi connectivity index (χ4n) is 5.26. The number of hydrogen-bond acceptors (Lipinski definition) is 8. The molecule has 0 bridgehead atoms. The number of hydrogen-bond donors (Lipinski definition) is 0. The van der Waals surface area contributed by atoms with Gasteiger partial charge in [0.15, 0.2) is 4.80 Å². The highest BCUT2D eigenvalue weighted by molar-refractivity contribution is 7.15. The molecule has 0 fully saturated rings. The van der Waals surface area contributed by atoms with Crippen LogP contribution >= 0.6 is 22.7 Å². The molecule has 0 aliphatic carbocycles. The number of fused-ring (bicyclic) bond motifs is 1. The van der Waals surface area contributed by atoms with Crippen LogP contribution in [0.3, 0.4) is 0 Å². The topological polar surface area (TPSA) is 98.6 Å². The van der Waals surface area contributed by atoms with Crippen LogP contribution in [0.25, 0.3) is 11.1 Å². The van der Waals surface area contributed by atoms with E-state index in [1.54, 1.807) is 36.9 Å². The first kappa shape index (κ1) is 28.3. The molecular formula is C31H30N4O4S2.